The average Bonchev–Trinajstić information content (AvgIpc) is 3.67. The summed E-state index contributed by atoms with van der Waals surface area (Å²) in [6.45, 7) is 5.82. The van der Waals surface area contributed by atoms with Crippen LogP contribution >= 0.6 is 0 Å². The molecule has 39 heavy (non-hydrogen) atoms. The highest BCUT2D eigenvalue weighted by Crippen LogP contribution is 2.50. The van der Waals surface area contributed by atoms with Crippen LogP contribution in [0, 0.1) is 5.41 Å². The number of hydrogen-bond donors (Lipinski definition) is 1. The van der Waals surface area contributed by atoms with E-state index in [1.54, 1.807) is 7.11 Å². The molecular weight excluding hydrogens is 490 g/mol. The fourth-order valence-corrected chi connectivity index (χ4v) is 5.73. The summed E-state index contributed by atoms with van der Waals surface area (Å²) in [5, 5.41) is 10.9. The second-order valence-corrected chi connectivity index (χ2v) is 11.3. The topological polar surface area (TPSA) is 68.2 Å². The van der Waals surface area contributed by atoms with E-state index in [4.69, 9.17) is 14.2 Å². The molecule has 2 aliphatic rings. The highest BCUT2D eigenvalue weighted by Gasteiger charge is 2.49. The van der Waals surface area contributed by atoms with Gasteiger partial charge in [0.2, 0.25) is 5.91 Å². The molecule has 5 rings (SSSR count). The number of carbonyl (C=O) groups is 1. The van der Waals surface area contributed by atoms with E-state index in [1.807, 2.05) is 66.4 Å². The van der Waals surface area contributed by atoms with E-state index in [1.165, 1.54) is 5.56 Å². The SMILES string of the molecule is COc1ccc(C2CN(C(=O)COCc3ccccc3)CC2(C)C(C)O)cc1OCC1(c2ccccc2)CC1. The van der Waals surface area contributed by atoms with Crippen molar-refractivity contribution in [1.82, 2.24) is 4.90 Å². The van der Waals surface area contributed by atoms with Gasteiger partial charge in [-0.3, -0.25) is 4.79 Å². The number of nitrogens with zero attached hydrogens (tertiary/aromatic N) is 1. The Labute approximate surface area is 231 Å². The summed E-state index contributed by atoms with van der Waals surface area (Å²) in [6, 6.07) is 26.4. The molecule has 1 heterocycles. The van der Waals surface area contributed by atoms with Gasteiger partial charge < -0.3 is 24.2 Å². The number of benzene rings is 3. The Balaban J connectivity index is 1.30. The molecule has 1 saturated carbocycles. The van der Waals surface area contributed by atoms with Crippen molar-refractivity contribution < 1.29 is 24.1 Å². The monoisotopic (exact) mass is 529 g/mol. The second kappa shape index (κ2) is 11.4. The van der Waals surface area contributed by atoms with Crippen molar-refractivity contribution in [3.63, 3.8) is 0 Å². The molecule has 1 aliphatic heterocycles. The summed E-state index contributed by atoms with van der Waals surface area (Å²) < 4.78 is 17.8. The van der Waals surface area contributed by atoms with Crippen molar-refractivity contribution in [1.29, 1.82) is 0 Å². The van der Waals surface area contributed by atoms with Crippen LogP contribution in [0.25, 0.3) is 0 Å². The molecule has 1 amide bonds. The maximum Gasteiger partial charge on any atom is 0.248 e. The molecule has 6 nitrogen and oxygen atoms in total. The summed E-state index contributed by atoms with van der Waals surface area (Å²) in [5.41, 5.74) is 2.90. The summed E-state index contributed by atoms with van der Waals surface area (Å²) in [4.78, 5) is 14.9. The Morgan fingerprint density at radius 3 is 2.36 bits per heavy atom. The molecule has 1 saturated heterocycles. The molecule has 0 radical (unpaired) electrons. The van der Waals surface area contributed by atoms with Gasteiger partial charge in [-0.1, -0.05) is 73.7 Å². The summed E-state index contributed by atoms with van der Waals surface area (Å²) in [5.74, 6) is 1.25. The normalized spacial score (nSPS) is 22.4. The van der Waals surface area contributed by atoms with E-state index in [0.717, 1.165) is 24.0 Å². The number of likely N-dealkylation sites (tertiary alicyclic amines) is 1. The van der Waals surface area contributed by atoms with Crippen molar-refractivity contribution in [2.45, 2.75) is 50.7 Å². The fraction of sp³-hybridized carbons (Fsp3) is 0.424. The summed E-state index contributed by atoms with van der Waals surface area (Å²) in [6.07, 6.45) is 1.60. The number of aliphatic hydroxyl groups excluding tert-OH is 1. The second-order valence-electron chi connectivity index (χ2n) is 11.3. The van der Waals surface area contributed by atoms with Gasteiger partial charge in [-0.25, -0.2) is 0 Å². The molecule has 3 aromatic carbocycles. The molecule has 3 aromatic rings. The first kappa shape index (κ1) is 27.2. The largest absolute Gasteiger partial charge is 0.493 e. The van der Waals surface area contributed by atoms with Crippen LogP contribution in [0.4, 0.5) is 0 Å². The van der Waals surface area contributed by atoms with Gasteiger partial charge in [0.25, 0.3) is 0 Å². The Hall–Kier alpha value is -3.35. The molecular formula is C33H39NO5. The third kappa shape index (κ3) is 5.82. The minimum Gasteiger partial charge on any atom is -0.493 e. The Morgan fingerprint density at radius 2 is 1.72 bits per heavy atom. The molecule has 0 aromatic heterocycles. The first-order valence-corrected chi connectivity index (χ1v) is 13.8. The Bertz CT molecular complexity index is 1260. The Kier molecular flexibility index (Phi) is 7.96. The van der Waals surface area contributed by atoms with Crippen LogP contribution in [-0.4, -0.2) is 55.4 Å². The zero-order chi connectivity index (χ0) is 27.5. The number of carbonyl (C=O) groups excluding carboxylic acids is 1. The number of methoxy groups -OCH3 is 1. The first-order chi connectivity index (χ1) is 18.8. The van der Waals surface area contributed by atoms with Crippen LogP contribution in [0.3, 0.4) is 0 Å². The van der Waals surface area contributed by atoms with Crippen LogP contribution in [0.1, 0.15) is 49.3 Å². The van der Waals surface area contributed by atoms with Crippen LogP contribution < -0.4 is 9.47 Å². The van der Waals surface area contributed by atoms with Gasteiger partial charge in [-0.05, 0) is 48.6 Å². The number of aliphatic hydroxyl groups is 1. The van der Waals surface area contributed by atoms with Crippen molar-refractivity contribution in [2.24, 2.45) is 5.41 Å². The lowest BCUT2D eigenvalue weighted by molar-refractivity contribution is -0.136. The van der Waals surface area contributed by atoms with Crippen molar-refractivity contribution >= 4 is 5.91 Å². The van der Waals surface area contributed by atoms with Gasteiger partial charge in [-0.2, -0.15) is 0 Å². The van der Waals surface area contributed by atoms with Gasteiger partial charge in [0.05, 0.1) is 26.4 Å². The average molecular weight is 530 g/mol. The lowest BCUT2D eigenvalue weighted by Crippen LogP contribution is -2.38. The summed E-state index contributed by atoms with van der Waals surface area (Å²) in [7, 11) is 1.65. The van der Waals surface area contributed by atoms with Gasteiger partial charge >= 0.3 is 0 Å². The van der Waals surface area contributed by atoms with Crippen LogP contribution in [0.15, 0.2) is 78.9 Å². The number of ether oxygens (including phenoxy) is 3. The molecule has 1 aliphatic carbocycles. The smallest absolute Gasteiger partial charge is 0.248 e. The molecule has 6 heteroatoms. The van der Waals surface area contributed by atoms with Gasteiger partial charge in [0.15, 0.2) is 11.5 Å². The first-order valence-electron chi connectivity index (χ1n) is 13.8. The molecule has 0 bridgehead atoms. The van der Waals surface area contributed by atoms with Crippen LogP contribution in [-0.2, 0) is 21.6 Å². The van der Waals surface area contributed by atoms with Crippen LogP contribution in [0.2, 0.25) is 0 Å². The lowest BCUT2D eigenvalue weighted by atomic mass is 9.72. The third-order valence-electron chi connectivity index (χ3n) is 8.71. The van der Waals surface area contributed by atoms with E-state index >= 15 is 0 Å². The summed E-state index contributed by atoms with van der Waals surface area (Å²) >= 11 is 0. The van der Waals surface area contributed by atoms with E-state index < -0.39 is 11.5 Å². The predicted molar refractivity (Wildman–Crippen MR) is 151 cm³/mol. The van der Waals surface area contributed by atoms with Gasteiger partial charge in [0, 0.05) is 29.8 Å². The van der Waals surface area contributed by atoms with Crippen molar-refractivity contribution in [3.8, 4) is 11.5 Å². The van der Waals surface area contributed by atoms with E-state index in [0.29, 0.717) is 37.8 Å². The number of amides is 1. The number of rotatable bonds is 11. The van der Waals surface area contributed by atoms with E-state index in [9.17, 15) is 9.90 Å². The maximum absolute atomic E-state index is 13.1. The number of hydrogen-bond acceptors (Lipinski definition) is 5. The fourth-order valence-electron chi connectivity index (χ4n) is 5.73. The third-order valence-corrected chi connectivity index (χ3v) is 8.71. The highest BCUT2D eigenvalue weighted by atomic mass is 16.5. The van der Waals surface area contributed by atoms with Crippen LogP contribution in [0.5, 0.6) is 11.5 Å². The minimum atomic E-state index is -0.607. The Morgan fingerprint density at radius 1 is 1.03 bits per heavy atom. The molecule has 0 spiro atoms. The molecule has 206 valence electrons. The maximum atomic E-state index is 13.1. The van der Waals surface area contributed by atoms with Gasteiger partial charge in [-0.15, -0.1) is 0 Å². The van der Waals surface area contributed by atoms with E-state index in [-0.39, 0.29) is 23.8 Å². The molecule has 2 fully saturated rings. The highest BCUT2D eigenvalue weighted by molar-refractivity contribution is 5.78. The quantitative estimate of drug-likeness (QED) is 0.363. The molecule has 3 unspecified atom stereocenters. The molecule has 3 atom stereocenters. The van der Waals surface area contributed by atoms with Crippen molar-refractivity contribution in [3.05, 3.63) is 95.6 Å². The zero-order valence-electron chi connectivity index (χ0n) is 23.1. The molecule has 1 N–H and O–H groups in total. The predicted octanol–water partition coefficient (Wildman–Crippen LogP) is 5.34. The van der Waals surface area contributed by atoms with Gasteiger partial charge in [0.1, 0.15) is 6.61 Å². The van der Waals surface area contributed by atoms with Crippen molar-refractivity contribution in [2.75, 3.05) is 33.4 Å². The van der Waals surface area contributed by atoms with E-state index in [2.05, 4.69) is 31.2 Å². The zero-order valence-corrected chi connectivity index (χ0v) is 23.1. The standard InChI is InChI=1S/C33H39NO5/c1-24(35)32(2)22-34(31(36)21-38-20-25-10-6-4-7-11-25)19-28(32)26-14-15-29(37-3)30(18-26)39-23-33(16-17-33)27-12-8-5-9-13-27/h4-15,18,24,28,35H,16-17,19-23H2,1-3H3. The minimum absolute atomic E-state index is 0.00997. The lowest BCUT2D eigenvalue weighted by Gasteiger charge is -2.34.